The van der Waals surface area contributed by atoms with Crippen molar-refractivity contribution in [2.45, 2.75) is 6.43 Å². The number of nitrogens with one attached hydrogen (secondary N) is 1. The number of hydrogen-bond acceptors (Lipinski definition) is 4. The number of nitrogen functional groups attached to an aromatic ring is 1. The molecule has 0 aliphatic rings. The van der Waals surface area contributed by atoms with Gasteiger partial charge in [-0.05, 0) is 18.2 Å². The van der Waals surface area contributed by atoms with E-state index in [4.69, 9.17) is 16.2 Å². The summed E-state index contributed by atoms with van der Waals surface area (Å²) in [5, 5.41) is 2.91. The molecule has 0 unspecified atom stereocenters. The van der Waals surface area contributed by atoms with Crippen LogP contribution in [0.1, 0.15) is 10.4 Å². The minimum absolute atomic E-state index is 0.140. The van der Waals surface area contributed by atoms with Crippen LogP contribution in [0.5, 0.6) is 0 Å². The van der Waals surface area contributed by atoms with Crippen molar-refractivity contribution in [1.29, 1.82) is 0 Å². The maximum Gasteiger partial charge on any atom is 0.261 e. The van der Waals surface area contributed by atoms with Crippen LogP contribution < -0.4 is 16.8 Å². The normalized spacial score (nSPS) is 10.6. The van der Waals surface area contributed by atoms with E-state index in [0.29, 0.717) is 23.5 Å². The van der Waals surface area contributed by atoms with Gasteiger partial charge in [-0.25, -0.2) is 8.78 Å². The lowest BCUT2D eigenvalue weighted by atomic mass is 10.1. The van der Waals surface area contributed by atoms with Crippen LogP contribution in [0.3, 0.4) is 0 Å². The SMILES string of the molecule is NC(=O)c1ccc(NCCOCC(F)F)c(N)c1. The van der Waals surface area contributed by atoms with Gasteiger partial charge < -0.3 is 21.5 Å². The molecule has 1 aromatic carbocycles. The predicted octanol–water partition coefficient (Wildman–Crippen LogP) is 1.06. The van der Waals surface area contributed by atoms with Gasteiger partial charge in [0.25, 0.3) is 6.43 Å². The van der Waals surface area contributed by atoms with Gasteiger partial charge in [-0.2, -0.15) is 0 Å². The standard InChI is InChI=1S/C11H15F2N3O2/c12-10(13)6-18-4-3-16-9-2-1-7(11(15)17)5-8(9)14/h1-2,5,10,16H,3-4,6,14H2,(H2,15,17). The molecule has 0 heterocycles. The Kier molecular flexibility index (Phi) is 5.31. The lowest BCUT2D eigenvalue weighted by Crippen LogP contribution is -2.15. The first-order chi connectivity index (χ1) is 8.50. The molecule has 0 aromatic heterocycles. The number of halogens is 2. The molecule has 1 amide bonds. The summed E-state index contributed by atoms with van der Waals surface area (Å²) in [6.45, 7) is -0.105. The van der Waals surface area contributed by atoms with Crippen molar-refractivity contribution in [3.63, 3.8) is 0 Å². The molecule has 0 spiro atoms. The summed E-state index contributed by atoms with van der Waals surface area (Å²) in [6.07, 6.45) is -2.47. The second-order valence-corrected chi connectivity index (χ2v) is 3.56. The molecule has 0 saturated carbocycles. The molecule has 7 heteroatoms. The number of alkyl halides is 2. The minimum atomic E-state index is -2.47. The fraction of sp³-hybridized carbons (Fsp3) is 0.364. The topological polar surface area (TPSA) is 90.4 Å². The van der Waals surface area contributed by atoms with Crippen molar-refractivity contribution in [3.05, 3.63) is 23.8 Å². The third kappa shape index (κ3) is 4.54. The maximum atomic E-state index is 11.8. The van der Waals surface area contributed by atoms with E-state index in [2.05, 4.69) is 5.32 Å². The zero-order valence-electron chi connectivity index (χ0n) is 9.66. The van der Waals surface area contributed by atoms with Gasteiger partial charge in [0.05, 0.1) is 18.0 Å². The molecule has 0 fully saturated rings. The van der Waals surface area contributed by atoms with Crippen LogP contribution in [0.15, 0.2) is 18.2 Å². The van der Waals surface area contributed by atoms with Gasteiger partial charge in [0.1, 0.15) is 6.61 Å². The van der Waals surface area contributed by atoms with E-state index in [1.807, 2.05) is 0 Å². The highest BCUT2D eigenvalue weighted by molar-refractivity contribution is 5.94. The van der Waals surface area contributed by atoms with Gasteiger partial charge in [-0.1, -0.05) is 0 Å². The fourth-order valence-electron chi connectivity index (χ4n) is 1.31. The zero-order valence-corrected chi connectivity index (χ0v) is 9.66. The van der Waals surface area contributed by atoms with Crippen molar-refractivity contribution in [2.75, 3.05) is 30.8 Å². The van der Waals surface area contributed by atoms with Crippen LogP contribution in [0.25, 0.3) is 0 Å². The van der Waals surface area contributed by atoms with Crippen molar-refractivity contribution < 1.29 is 18.3 Å². The largest absolute Gasteiger partial charge is 0.397 e. The number of primary amides is 1. The van der Waals surface area contributed by atoms with E-state index < -0.39 is 18.9 Å². The van der Waals surface area contributed by atoms with Crippen LogP contribution in [0.2, 0.25) is 0 Å². The van der Waals surface area contributed by atoms with E-state index in [1.165, 1.54) is 12.1 Å². The van der Waals surface area contributed by atoms with E-state index in [0.717, 1.165) is 0 Å². The van der Waals surface area contributed by atoms with Gasteiger partial charge >= 0.3 is 0 Å². The molecule has 0 radical (unpaired) electrons. The van der Waals surface area contributed by atoms with Gasteiger partial charge in [-0.15, -0.1) is 0 Å². The zero-order chi connectivity index (χ0) is 13.5. The van der Waals surface area contributed by atoms with Crippen molar-refractivity contribution >= 4 is 17.3 Å². The van der Waals surface area contributed by atoms with Crippen LogP contribution in [0.4, 0.5) is 20.2 Å². The second kappa shape index (κ2) is 6.75. The predicted molar refractivity (Wildman–Crippen MR) is 64.7 cm³/mol. The average molecular weight is 259 g/mol. The van der Waals surface area contributed by atoms with Crippen LogP contribution in [0, 0.1) is 0 Å². The van der Waals surface area contributed by atoms with Crippen molar-refractivity contribution in [1.82, 2.24) is 0 Å². The molecular formula is C11H15F2N3O2. The highest BCUT2D eigenvalue weighted by Gasteiger charge is 2.05. The number of anilines is 2. The first-order valence-electron chi connectivity index (χ1n) is 5.30. The number of carbonyl (C=O) groups excluding carboxylic acids is 1. The first kappa shape index (κ1) is 14.2. The molecule has 100 valence electrons. The average Bonchev–Trinajstić information content (AvgIpc) is 2.29. The fourth-order valence-corrected chi connectivity index (χ4v) is 1.31. The lowest BCUT2D eigenvalue weighted by molar-refractivity contribution is 0.0215. The van der Waals surface area contributed by atoms with E-state index in [9.17, 15) is 13.6 Å². The Balaban J connectivity index is 2.41. The Bertz CT molecular complexity index is 413. The Morgan fingerprint density at radius 2 is 2.17 bits per heavy atom. The Labute approximate surface area is 103 Å². The Morgan fingerprint density at radius 1 is 1.44 bits per heavy atom. The van der Waals surface area contributed by atoms with E-state index in [1.54, 1.807) is 6.07 Å². The first-order valence-corrected chi connectivity index (χ1v) is 5.30. The molecule has 1 aromatic rings. The van der Waals surface area contributed by atoms with Crippen LogP contribution in [-0.4, -0.2) is 32.1 Å². The molecule has 0 aliphatic carbocycles. The quantitative estimate of drug-likeness (QED) is 0.504. The van der Waals surface area contributed by atoms with E-state index >= 15 is 0 Å². The summed E-state index contributed by atoms with van der Waals surface area (Å²) in [7, 11) is 0. The van der Waals surface area contributed by atoms with E-state index in [-0.39, 0.29) is 6.61 Å². The highest BCUT2D eigenvalue weighted by atomic mass is 19.3. The molecule has 0 saturated heterocycles. The number of rotatable bonds is 7. The number of benzene rings is 1. The lowest BCUT2D eigenvalue weighted by Gasteiger charge is -2.10. The third-order valence-corrected chi connectivity index (χ3v) is 2.14. The van der Waals surface area contributed by atoms with Gasteiger partial charge in [-0.3, -0.25) is 4.79 Å². The molecule has 0 atom stereocenters. The number of hydrogen-bond donors (Lipinski definition) is 3. The highest BCUT2D eigenvalue weighted by Crippen LogP contribution is 2.19. The number of ether oxygens (including phenoxy) is 1. The molecule has 5 N–H and O–H groups in total. The number of amides is 1. The molecule has 0 bridgehead atoms. The Morgan fingerprint density at radius 3 is 2.72 bits per heavy atom. The summed E-state index contributed by atoms with van der Waals surface area (Å²) in [6, 6.07) is 4.58. The van der Waals surface area contributed by atoms with Crippen molar-refractivity contribution in [3.8, 4) is 0 Å². The van der Waals surface area contributed by atoms with Gasteiger partial charge in [0.2, 0.25) is 5.91 Å². The van der Waals surface area contributed by atoms with Crippen LogP contribution >= 0.6 is 0 Å². The monoisotopic (exact) mass is 259 g/mol. The Hall–Kier alpha value is -1.89. The summed E-state index contributed by atoms with van der Waals surface area (Å²) >= 11 is 0. The molecule has 5 nitrogen and oxygen atoms in total. The van der Waals surface area contributed by atoms with Gasteiger partial charge in [0.15, 0.2) is 0 Å². The van der Waals surface area contributed by atoms with Gasteiger partial charge in [0, 0.05) is 12.1 Å². The minimum Gasteiger partial charge on any atom is -0.397 e. The third-order valence-electron chi connectivity index (χ3n) is 2.14. The number of nitrogens with two attached hydrogens (primary N) is 2. The maximum absolute atomic E-state index is 11.8. The molecule has 0 aliphatic heterocycles. The molecular weight excluding hydrogens is 244 g/mol. The molecule has 1 rings (SSSR count). The van der Waals surface area contributed by atoms with Crippen LogP contribution in [-0.2, 0) is 4.74 Å². The second-order valence-electron chi connectivity index (χ2n) is 3.56. The summed E-state index contributed by atoms with van der Waals surface area (Å²) < 4.78 is 28.2. The summed E-state index contributed by atoms with van der Waals surface area (Å²) in [5.74, 6) is -0.562. The smallest absolute Gasteiger partial charge is 0.261 e. The van der Waals surface area contributed by atoms with Crippen molar-refractivity contribution in [2.24, 2.45) is 5.73 Å². The molecule has 18 heavy (non-hydrogen) atoms. The number of carbonyl (C=O) groups is 1. The summed E-state index contributed by atoms with van der Waals surface area (Å²) in [5.41, 5.74) is 12.1. The summed E-state index contributed by atoms with van der Waals surface area (Å²) in [4.78, 5) is 10.9.